The van der Waals surface area contributed by atoms with Gasteiger partial charge in [0.25, 0.3) is 0 Å². The summed E-state index contributed by atoms with van der Waals surface area (Å²) in [7, 11) is 0. The van der Waals surface area contributed by atoms with Crippen LogP contribution in [-0.4, -0.2) is 9.97 Å². The number of benzene rings is 1. The lowest BCUT2D eigenvalue weighted by Gasteiger charge is -2.03. The molecular weight excluding hydrogens is 240 g/mol. The number of thiol groups is 1. The summed E-state index contributed by atoms with van der Waals surface area (Å²) in [6, 6.07) is 12.4. The first-order valence-corrected chi connectivity index (χ1v) is 6.34. The molecule has 0 spiro atoms. The predicted octanol–water partition coefficient (Wildman–Crippen LogP) is 4.14. The predicted molar refractivity (Wildman–Crippen MR) is 78.3 cm³/mol. The number of aromatic nitrogens is 2. The fourth-order valence-electron chi connectivity index (χ4n) is 2.24. The summed E-state index contributed by atoms with van der Waals surface area (Å²) in [6.07, 6.45) is 0. The second-order valence-corrected chi connectivity index (χ2v) is 5.06. The topological polar surface area (TPSA) is 28.7 Å². The molecule has 2 nitrogen and oxygen atoms in total. The van der Waals surface area contributed by atoms with Crippen LogP contribution in [0.25, 0.3) is 22.2 Å². The summed E-state index contributed by atoms with van der Waals surface area (Å²) < 4.78 is 0. The lowest BCUT2D eigenvalue weighted by Crippen LogP contribution is -1.89. The van der Waals surface area contributed by atoms with Gasteiger partial charge in [0.15, 0.2) is 0 Å². The van der Waals surface area contributed by atoms with Crippen molar-refractivity contribution in [3.63, 3.8) is 0 Å². The van der Waals surface area contributed by atoms with E-state index < -0.39 is 0 Å². The summed E-state index contributed by atoms with van der Waals surface area (Å²) in [5, 5.41) is 1.18. The molecule has 18 heavy (non-hydrogen) atoms. The zero-order chi connectivity index (χ0) is 12.7. The van der Waals surface area contributed by atoms with Crippen molar-refractivity contribution in [2.24, 2.45) is 0 Å². The fourth-order valence-corrected chi connectivity index (χ4v) is 2.45. The molecule has 0 atom stereocenters. The Morgan fingerprint density at radius 3 is 2.67 bits per heavy atom. The molecule has 3 rings (SSSR count). The van der Waals surface area contributed by atoms with Crippen molar-refractivity contribution >= 4 is 23.5 Å². The molecule has 2 heterocycles. The van der Waals surface area contributed by atoms with Gasteiger partial charge in [0.05, 0.1) is 0 Å². The van der Waals surface area contributed by atoms with Crippen LogP contribution < -0.4 is 0 Å². The normalized spacial score (nSPS) is 11.1. The third kappa shape index (κ3) is 1.91. The highest BCUT2D eigenvalue weighted by atomic mass is 32.1. The van der Waals surface area contributed by atoms with Crippen molar-refractivity contribution in [3.8, 4) is 11.3 Å². The van der Waals surface area contributed by atoms with Gasteiger partial charge in [-0.1, -0.05) is 0 Å². The highest BCUT2D eigenvalue weighted by Gasteiger charge is 2.07. The molecule has 0 unspecified atom stereocenters. The van der Waals surface area contributed by atoms with Crippen LogP contribution in [0, 0.1) is 13.8 Å². The van der Waals surface area contributed by atoms with Gasteiger partial charge in [0, 0.05) is 38.4 Å². The molecular formula is C15H14N2S. The molecule has 0 aliphatic rings. The number of aromatic amines is 1. The van der Waals surface area contributed by atoms with Gasteiger partial charge < -0.3 is 4.98 Å². The first-order valence-electron chi connectivity index (χ1n) is 5.90. The van der Waals surface area contributed by atoms with Crippen molar-refractivity contribution in [1.29, 1.82) is 0 Å². The van der Waals surface area contributed by atoms with Crippen molar-refractivity contribution < 1.29 is 0 Å². The van der Waals surface area contributed by atoms with Crippen molar-refractivity contribution in [3.05, 3.63) is 47.8 Å². The summed E-state index contributed by atoms with van der Waals surface area (Å²) in [6.45, 7) is 4.05. The van der Waals surface area contributed by atoms with Gasteiger partial charge >= 0.3 is 0 Å². The minimum atomic E-state index is 0.979. The second kappa shape index (κ2) is 4.18. The zero-order valence-electron chi connectivity index (χ0n) is 10.4. The van der Waals surface area contributed by atoms with Crippen molar-refractivity contribution in [2.45, 2.75) is 18.7 Å². The molecule has 3 heteroatoms. The Kier molecular flexibility index (Phi) is 2.63. The van der Waals surface area contributed by atoms with Gasteiger partial charge in [-0.3, -0.25) is 4.98 Å². The van der Waals surface area contributed by atoms with Gasteiger partial charge in [-0.05, 0) is 50.2 Å². The monoisotopic (exact) mass is 254 g/mol. The number of nitrogens with zero attached hydrogens (tertiary/aromatic N) is 1. The van der Waals surface area contributed by atoms with Gasteiger partial charge in [-0.15, -0.1) is 12.6 Å². The van der Waals surface area contributed by atoms with E-state index in [9.17, 15) is 0 Å². The maximum atomic E-state index is 4.50. The molecule has 0 bridgehead atoms. The van der Waals surface area contributed by atoms with Crippen LogP contribution in [0.5, 0.6) is 0 Å². The van der Waals surface area contributed by atoms with E-state index in [1.165, 1.54) is 5.39 Å². The van der Waals surface area contributed by atoms with Crippen LogP contribution in [-0.2, 0) is 0 Å². The Hall–Kier alpha value is -1.74. The quantitative estimate of drug-likeness (QED) is 0.628. The number of hydrogen-bond acceptors (Lipinski definition) is 2. The molecule has 3 aromatic rings. The Labute approximate surface area is 111 Å². The Morgan fingerprint density at radius 2 is 1.89 bits per heavy atom. The van der Waals surface area contributed by atoms with Crippen LogP contribution in [0.15, 0.2) is 41.3 Å². The Balaban J connectivity index is 2.19. The molecule has 0 fully saturated rings. The number of aryl methyl sites for hydroxylation is 2. The maximum Gasteiger partial charge on any atom is 0.0483 e. The SMILES string of the molecule is Cc1ccc(-c2cc3cc(S)ccc3[nH]2)c(C)n1. The lowest BCUT2D eigenvalue weighted by molar-refractivity contribution is 1.12. The number of H-pyrrole nitrogens is 1. The van der Waals surface area contributed by atoms with Gasteiger partial charge in [0.2, 0.25) is 0 Å². The summed E-state index contributed by atoms with van der Waals surface area (Å²) >= 11 is 4.36. The number of rotatable bonds is 1. The lowest BCUT2D eigenvalue weighted by atomic mass is 10.1. The highest BCUT2D eigenvalue weighted by molar-refractivity contribution is 7.80. The molecule has 0 amide bonds. The molecule has 1 aromatic carbocycles. The van der Waals surface area contributed by atoms with E-state index in [1.807, 2.05) is 26.0 Å². The van der Waals surface area contributed by atoms with Gasteiger partial charge in [0.1, 0.15) is 0 Å². The fraction of sp³-hybridized carbons (Fsp3) is 0.133. The highest BCUT2D eigenvalue weighted by Crippen LogP contribution is 2.27. The van der Waals surface area contributed by atoms with E-state index in [2.05, 4.69) is 46.9 Å². The average molecular weight is 254 g/mol. The first-order chi connectivity index (χ1) is 8.63. The first kappa shape index (κ1) is 11.4. The largest absolute Gasteiger partial charge is 0.354 e. The van der Waals surface area contributed by atoms with Gasteiger partial charge in [-0.25, -0.2) is 0 Å². The van der Waals surface area contributed by atoms with Crippen molar-refractivity contribution in [1.82, 2.24) is 9.97 Å². The standard InChI is InChI=1S/C15H14N2S/c1-9-3-5-13(10(2)16-9)15-8-11-7-12(18)4-6-14(11)17-15/h3-8,17-18H,1-2H3. The van der Waals surface area contributed by atoms with Crippen molar-refractivity contribution in [2.75, 3.05) is 0 Å². The third-order valence-corrected chi connectivity index (χ3v) is 3.40. The van der Waals surface area contributed by atoms with E-state index >= 15 is 0 Å². The molecule has 0 saturated heterocycles. The number of hydrogen-bond donors (Lipinski definition) is 2. The van der Waals surface area contributed by atoms with E-state index in [0.717, 1.165) is 33.1 Å². The Bertz CT molecular complexity index is 728. The van der Waals surface area contributed by atoms with Crippen LogP contribution >= 0.6 is 12.6 Å². The minimum Gasteiger partial charge on any atom is -0.354 e. The molecule has 0 radical (unpaired) electrons. The molecule has 90 valence electrons. The van der Waals surface area contributed by atoms with Crippen LogP contribution in [0.3, 0.4) is 0 Å². The average Bonchev–Trinajstić information content (AvgIpc) is 2.71. The van der Waals surface area contributed by atoms with E-state index in [4.69, 9.17) is 0 Å². The zero-order valence-corrected chi connectivity index (χ0v) is 11.3. The van der Waals surface area contributed by atoms with Crippen LogP contribution in [0.4, 0.5) is 0 Å². The molecule has 1 N–H and O–H groups in total. The van der Waals surface area contributed by atoms with Gasteiger partial charge in [-0.2, -0.15) is 0 Å². The maximum absolute atomic E-state index is 4.50. The molecule has 0 saturated carbocycles. The molecule has 0 aliphatic heterocycles. The van der Waals surface area contributed by atoms with Crippen LogP contribution in [0.1, 0.15) is 11.4 Å². The van der Waals surface area contributed by atoms with E-state index in [-0.39, 0.29) is 0 Å². The second-order valence-electron chi connectivity index (χ2n) is 4.54. The molecule has 2 aromatic heterocycles. The summed E-state index contributed by atoms with van der Waals surface area (Å²) in [5.74, 6) is 0. The van der Waals surface area contributed by atoms with E-state index in [1.54, 1.807) is 0 Å². The number of nitrogens with one attached hydrogen (secondary N) is 1. The Morgan fingerprint density at radius 1 is 1.06 bits per heavy atom. The summed E-state index contributed by atoms with van der Waals surface area (Å²) in [5.41, 5.74) is 5.48. The number of pyridine rings is 1. The smallest absolute Gasteiger partial charge is 0.0483 e. The summed E-state index contributed by atoms with van der Waals surface area (Å²) in [4.78, 5) is 8.91. The molecule has 0 aliphatic carbocycles. The third-order valence-electron chi connectivity index (χ3n) is 3.12. The van der Waals surface area contributed by atoms with Crippen LogP contribution in [0.2, 0.25) is 0 Å². The number of fused-ring (bicyclic) bond motifs is 1. The minimum absolute atomic E-state index is 0.979. The van der Waals surface area contributed by atoms with E-state index in [0.29, 0.717) is 0 Å².